The summed E-state index contributed by atoms with van der Waals surface area (Å²) in [5.74, 6) is 1.07. The van der Waals surface area contributed by atoms with Crippen molar-refractivity contribution in [2.75, 3.05) is 27.2 Å². The fourth-order valence-electron chi connectivity index (χ4n) is 2.01. The number of carbonyl (C=O) groups excluding carboxylic acids is 1. The number of nitrogens with zero attached hydrogens (tertiary/aromatic N) is 1. The molecule has 2 rings (SSSR count). The molecule has 0 saturated carbocycles. The third kappa shape index (κ3) is 3.23. The van der Waals surface area contributed by atoms with Gasteiger partial charge in [0.25, 0.3) is 0 Å². The molecule has 1 heterocycles. The van der Waals surface area contributed by atoms with Crippen LogP contribution in [0.15, 0.2) is 24.3 Å². The highest BCUT2D eigenvalue weighted by molar-refractivity contribution is 5.77. The summed E-state index contributed by atoms with van der Waals surface area (Å²) in [7, 11) is 3.53. The van der Waals surface area contributed by atoms with Crippen LogP contribution in [0.5, 0.6) is 5.75 Å². The van der Waals surface area contributed by atoms with E-state index in [9.17, 15) is 4.79 Å². The van der Waals surface area contributed by atoms with Crippen LogP contribution in [0.1, 0.15) is 12.0 Å². The van der Waals surface area contributed by atoms with Gasteiger partial charge in [0.15, 0.2) is 0 Å². The first kappa shape index (κ1) is 12.9. The van der Waals surface area contributed by atoms with E-state index in [1.54, 1.807) is 19.0 Å². The Bertz CT molecular complexity index is 391. The van der Waals surface area contributed by atoms with Crippen molar-refractivity contribution in [3.63, 3.8) is 0 Å². The Morgan fingerprint density at radius 3 is 3.00 bits per heavy atom. The Balaban J connectivity index is 1.87. The molecule has 0 radical (unpaired) electrons. The molecule has 4 nitrogen and oxygen atoms in total. The second-order valence-electron chi connectivity index (χ2n) is 4.82. The molecule has 0 bridgehead atoms. The summed E-state index contributed by atoms with van der Waals surface area (Å²) in [5.41, 5.74) is 1.25. The van der Waals surface area contributed by atoms with E-state index in [0.29, 0.717) is 13.2 Å². The summed E-state index contributed by atoms with van der Waals surface area (Å²) < 4.78 is 5.77. The van der Waals surface area contributed by atoms with E-state index in [0.717, 1.165) is 18.6 Å². The van der Waals surface area contributed by atoms with E-state index in [1.165, 1.54) is 5.56 Å². The fraction of sp³-hybridized carbons (Fsp3) is 0.500. The third-order valence-electron chi connectivity index (χ3n) is 3.22. The number of benzene rings is 1. The summed E-state index contributed by atoms with van der Waals surface area (Å²) in [5, 5.41) is 3.26. The maximum atomic E-state index is 11.5. The van der Waals surface area contributed by atoms with Gasteiger partial charge in [0, 0.05) is 20.1 Å². The van der Waals surface area contributed by atoms with Gasteiger partial charge >= 0.3 is 0 Å². The predicted octanol–water partition coefficient (Wildman–Crippen LogP) is 1.06. The van der Waals surface area contributed by atoms with Crippen LogP contribution in [0, 0.1) is 0 Å². The Labute approximate surface area is 108 Å². The first-order valence-corrected chi connectivity index (χ1v) is 6.31. The predicted molar refractivity (Wildman–Crippen MR) is 70.7 cm³/mol. The normalized spacial score (nSPS) is 18.4. The summed E-state index contributed by atoms with van der Waals surface area (Å²) in [6.45, 7) is 0.995. The Morgan fingerprint density at radius 1 is 1.44 bits per heavy atom. The molecule has 0 spiro atoms. The Hall–Kier alpha value is -1.55. The number of hydrogen-bond acceptors (Lipinski definition) is 3. The number of likely N-dealkylation sites (N-methyl/N-ethyl adjacent to an activating group) is 1. The average Bonchev–Trinajstić information content (AvgIpc) is 2.58. The van der Waals surface area contributed by atoms with E-state index in [2.05, 4.69) is 11.4 Å². The zero-order valence-corrected chi connectivity index (χ0v) is 11.0. The van der Waals surface area contributed by atoms with Crippen molar-refractivity contribution < 1.29 is 9.53 Å². The monoisotopic (exact) mass is 248 g/mol. The summed E-state index contributed by atoms with van der Waals surface area (Å²) in [6.07, 6.45) is 1.99. The van der Waals surface area contributed by atoms with E-state index < -0.39 is 0 Å². The van der Waals surface area contributed by atoms with Crippen molar-refractivity contribution >= 4 is 5.91 Å². The molecule has 18 heavy (non-hydrogen) atoms. The minimum absolute atomic E-state index is 0.0942. The zero-order chi connectivity index (χ0) is 13.0. The molecule has 4 heteroatoms. The minimum atomic E-state index is 0.0942. The molecule has 1 amide bonds. The molecular formula is C14H20N2O2. The van der Waals surface area contributed by atoms with Crippen LogP contribution in [-0.4, -0.2) is 44.1 Å². The van der Waals surface area contributed by atoms with Gasteiger partial charge in [-0.25, -0.2) is 0 Å². The van der Waals surface area contributed by atoms with Gasteiger partial charge in [-0.05, 0) is 24.5 Å². The smallest absolute Gasteiger partial charge is 0.236 e. The summed E-state index contributed by atoms with van der Waals surface area (Å²) >= 11 is 0. The molecule has 0 aromatic heterocycles. The standard InChI is InChI=1S/C14H20N2O2/c1-16(2)14(17)9-15-12-8-7-11-5-3-4-6-13(11)18-10-12/h3-6,12,15H,7-10H2,1-2H3/t12-/m1/s1. The highest BCUT2D eigenvalue weighted by Gasteiger charge is 2.17. The topological polar surface area (TPSA) is 41.6 Å². The lowest BCUT2D eigenvalue weighted by atomic mass is 10.1. The van der Waals surface area contributed by atoms with Gasteiger partial charge in [-0.2, -0.15) is 0 Å². The lowest BCUT2D eigenvalue weighted by Gasteiger charge is -2.17. The van der Waals surface area contributed by atoms with Crippen LogP contribution in [-0.2, 0) is 11.2 Å². The lowest BCUT2D eigenvalue weighted by Crippen LogP contribution is -2.41. The van der Waals surface area contributed by atoms with Gasteiger partial charge in [0.05, 0.1) is 6.54 Å². The fourth-order valence-corrected chi connectivity index (χ4v) is 2.01. The molecule has 0 saturated heterocycles. The van der Waals surface area contributed by atoms with Crippen LogP contribution in [0.25, 0.3) is 0 Å². The van der Waals surface area contributed by atoms with Crippen molar-refractivity contribution in [2.45, 2.75) is 18.9 Å². The Kier molecular flexibility index (Phi) is 4.20. The van der Waals surface area contributed by atoms with Gasteiger partial charge in [-0.15, -0.1) is 0 Å². The van der Waals surface area contributed by atoms with Crippen LogP contribution < -0.4 is 10.1 Å². The molecule has 1 atom stereocenters. The highest BCUT2D eigenvalue weighted by atomic mass is 16.5. The van der Waals surface area contributed by atoms with Gasteiger partial charge < -0.3 is 15.0 Å². The number of nitrogens with one attached hydrogen (secondary N) is 1. The van der Waals surface area contributed by atoms with Gasteiger partial charge in [-0.3, -0.25) is 4.79 Å². The zero-order valence-electron chi connectivity index (χ0n) is 11.0. The SMILES string of the molecule is CN(C)C(=O)CN[C@@H]1CCc2ccccc2OC1. The van der Waals surface area contributed by atoms with E-state index in [4.69, 9.17) is 4.74 Å². The summed E-state index contributed by atoms with van der Waals surface area (Å²) in [4.78, 5) is 13.1. The van der Waals surface area contributed by atoms with Crippen molar-refractivity contribution in [1.29, 1.82) is 0 Å². The van der Waals surface area contributed by atoms with E-state index in [1.807, 2.05) is 18.2 Å². The first-order chi connectivity index (χ1) is 8.66. The number of fused-ring (bicyclic) bond motifs is 1. The largest absolute Gasteiger partial charge is 0.492 e. The number of carbonyl (C=O) groups is 1. The van der Waals surface area contributed by atoms with Crippen LogP contribution in [0.3, 0.4) is 0 Å². The van der Waals surface area contributed by atoms with E-state index >= 15 is 0 Å². The maximum Gasteiger partial charge on any atom is 0.236 e. The molecule has 1 aliphatic rings. The van der Waals surface area contributed by atoms with Gasteiger partial charge in [0.1, 0.15) is 12.4 Å². The average molecular weight is 248 g/mol. The first-order valence-electron chi connectivity index (χ1n) is 6.31. The van der Waals surface area contributed by atoms with Crippen molar-refractivity contribution in [1.82, 2.24) is 10.2 Å². The summed E-state index contributed by atoms with van der Waals surface area (Å²) in [6, 6.07) is 8.36. The van der Waals surface area contributed by atoms with Crippen LogP contribution in [0.4, 0.5) is 0 Å². The molecule has 98 valence electrons. The second kappa shape index (κ2) is 5.87. The molecule has 0 fully saturated rings. The molecule has 1 aromatic carbocycles. The number of amides is 1. The molecule has 0 unspecified atom stereocenters. The second-order valence-corrected chi connectivity index (χ2v) is 4.82. The molecule has 1 N–H and O–H groups in total. The number of aryl methyl sites for hydroxylation is 1. The third-order valence-corrected chi connectivity index (χ3v) is 3.22. The van der Waals surface area contributed by atoms with Gasteiger partial charge in [-0.1, -0.05) is 18.2 Å². The number of rotatable bonds is 3. The van der Waals surface area contributed by atoms with Crippen molar-refractivity contribution in [3.8, 4) is 5.75 Å². The quantitative estimate of drug-likeness (QED) is 0.869. The van der Waals surface area contributed by atoms with Crippen LogP contribution >= 0.6 is 0 Å². The van der Waals surface area contributed by atoms with Crippen molar-refractivity contribution in [3.05, 3.63) is 29.8 Å². The molecule has 0 aliphatic carbocycles. The number of ether oxygens (including phenoxy) is 1. The minimum Gasteiger partial charge on any atom is -0.492 e. The van der Waals surface area contributed by atoms with Crippen LogP contribution in [0.2, 0.25) is 0 Å². The highest BCUT2D eigenvalue weighted by Crippen LogP contribution is 2.23. The van der Waals surface area contributed by atoms with Crippen molar-refractivity contribution in [2.24, 2.45) is 0 Å². The maximum absolute atomic E-state index is 11.5. The number of para-hydroxylation sites is 1. The number of hydrogen-bond donors (Lipinski definition) is 1. The lowest BCUT2D eigenvalue weighted by molar-refractivity contribution is -0.127. The van der Waals surface area contributed by atoms with Gasteiger partial charge in [0.2, 0.25) is 5.91 Å². The molecule has 1 aromatic rings. The molecule has 1 aliphatic heterocycles. The molecular weight excluding hydrogens is 228 g/mol. The van der Waals surface area contributed by atoms with E-state index in [-0.39, 0.29) is 11.9 Å². The Morgan fingerprint density at radius 2 is 2.22 bits per heavy atom.